The molecule has 3 nitrogen and oxygen atoms in total. The fourth-order valence-corrected chi connectivity index (χ4v) is 0.672. The van der Waals surface area contributed by atoms with Gasteiger partial charge in [0.1, 0.15) is 0 Å². The van der Waals surface area contributed by atoms with Gasteiger partial charge in [0, 0.05) is 12.5 Å². The van der Waals surface area contributed by atoms with Crippen molar-refractivity contribution in [2.75, 3.05) is 13.2 Å². The van der Waals surface area contributed by atoms with Crippen molar-refractivity contribution in [1.82, 2.24) is 0 Å². The molecule has 0 radical (unpaired) electrons. The predicted octanol–water partition coefficient (Wildman–Crippen LogP) is -0.642. The van der Waals surface area contributed by atoms with E-state index in [-0.39, 0.29) is 19.1 Å². The molecule has 0 spiro atoms. The molecule has 0 amide bonds. The minimum Gasteiger partial charge on any atom is -0.396 e. The molecule has 9 heavy (non-hydrogen) atoms. The highest BCUT2D eigenvalue weighted by Gasteiger charge is 2.14. The first-order valence-electron chi connectivity index (χ1n) is 3.16. The van der Waals surface area contributed by atoms with Gasteiger partial charge >= 0.3 is 0 Å². The highest BCUT2D eigenvalue weighted by molar-refractivity contribution is 4.64. The Hall–Kier alpha value is -0.120. The maximum Gasteiger partial charge on any atom is 0.0820 e. The Balaban J connectivity index is 3.50. The van der Waals surface area contributed by atoms with Crippen LogP contribution in [-0.4, -0.2) is 34.6 Å². The number of hydrogen-bond donors (Lipinski definition) is 3. The van der Waals surface area contributed by atoms with Crippen LogP contribution in [0.25, 0.3) is 0 Å². The molecule has 0 rings (SSSR count). The average molecular weight is 134 g/mol. The van der Waals surface area contributed by atoms with Gasteiger partial charge in [-0.25, -0.2) is 0 Å². The van der Waals surface area contributed by atoms with Crippen molar-refractivity contribution in [2.24, 2.45) is 5.92 Å². The lowest BCUT2D eigenvalue weighted by atomic mass is 10.0. The summed E-state index contributed by atoms with van der Waals surface area (Å²) >= 11 is 0. The van der Waals surface area contributed by atoms with Crippen LogP contribution in [0.3, 0.4) is 0 Å². The predicted molar refractivity (Wildman–Crippen MR) is 34.0 cm³/mol. The van der Waals surface area contributed by atoms with Gasteiger partial charge in [-0.3, -0.25) is 0 Å². The van der Waals surface area contributed by atoms with E-state index in [9.17, 15) is 0 Å². The van der Waals surface area contributed by atoms with Crippen molar-refractivity contribution in [2.45, 2.75) is 19.4 Å². The minimum absolute atomic E-state index is 0.0573. The molecule has 0 aliphatic heterocycles. The fraction of sp³-hybridized carbons (Fsp3) is 1.00. The van der Waals surface area contributed by atoms with Crippen molar-refractivity contribution in [3.63, 3.8) is 0 Å². The molecule has 0 saturated heterocycles. The van der Waals surface area contributed by atoms with Crippen LogP contribution in [0.2, 0.25) is 0 Å². The third-order valence-corrected chi connectivity index (χ3v) is 1.49. The van der Waals surface area contributed by atoms with E-state index in [0.717, 1.165) is 0 Å². The number of rotatable bonds is 4. The second-order valence-corrected chi connectivity index (χ2v) is 2.10. The summed E-state index contributed by atoms with van der Waals surface area (Å²) in [7, 11) is 0. The SMILES string of the molecule is CCC(CO)C(O)CO. The van der Waals surface area contributed by atoms with Gasteiger partial charge in [0.2, 0.25) is 0 Å². The van der Waals surface area contributed by atoms with Crippen molar-refractivity contribution in [3.05, 3.63) is 0 Å². The summed E-state index contributed by atoms with van der Waals surface area (Å²) in [5.41, 5.74) is 0. The van der Waals surface area contributed by atoms with Crippen LogP contribution >= 0.6 is 0 Å². The number of hydrogen-bond acceptors (Lipinski definition) is 3. The molecular weight excluding hydrogens is 120 g/mol. The van der Waals surface area contributed by atoms with E-state index in [1.165, 1.54) is 0 Å². The van der Waals surface area contributed by atoms with Crippen LogP contribution in [-0.2, 0) is 0 Å². The molecule has 2 unspecified atom stereocenters. The van der Waals surface area contributed by atoms with Crippen molar-refractivity contribution >= 4 is 0 Å². The van der Waals surface area contributed by atoms with E-state index < -0.39 is 6.10 Å². The molecular formula is C6H14O3. The van der Waals surface area contributed by atoms with Gasteiger partial charge in [-0.1, -0.05) is 6.92 Å². The molecule has 0 aliphatic rings. The summed E-state index contributed by atoms with van der Waals surface area (Å²) in [6.07, 6.45) is -0.0712. The van der Waals surface area contributed by atoms with Crippen LogP contribution in [0.4, 0.5) is 0 Å². The molecule has 0 saturated carbocycles. The van der Waals surface area contributed by atoms with Crippen LogP contribution in [0, 0.1) is 5.92 Å². The highest BCUT2D eigenvalue weighted by Crippen LogP contribution is 2.06. The van der Waals surface area contributed by atoms with E-state index >= 15 is 0 Å². The Morgan fingerprint density at radius 3 is 1.89 bits per heavy atom. The molecule has 56 valence electrons. The van der Waals surface area contributed by atoms with E-state index in [2.05, 4.69) is 0 Å². The zero-order valence-electron chi connectivity index (χ0n) is 5.62. The molecule has 0 aliphatic carbocycles. The quantitative estimate of drug-likeness (QED) is 0.479. The number of aliphatic hydroxyl groups excluding tert-OH is 3. The Morgan fingerprint density at radius 2 is 1.78 bits per heavy atom. The van der Waals surface area contributed by atoms with Gasteiger partial charge in [0.05, 0.1) is 12.7 Å². The van der Waals surface area contributed by atoms with Crippen molar-refractivity contribution in [1.29, 1.82) is 0 Å². The molecule has 0 heterocycles. The normalized spacial score (nSPS) is 17.3. The van der Waals surface area contributed by atoms with E-state index in [4.69, 9.17) is 15.3 Å². The van der Waals surface area contributed by atoms with E-state index in [0.29, 0.717) is 6.42 Å². The second-order valence-electron chi connectivity index (χ2n) is 2.10. The Labute approximate surface area is 54.9 Å². The monoisotopic (exact) mass is 134 g/mol. The Bertz CT molecular complexity index is 61.3. The average Bonchev–Trinajstić information content (AvgIpc) is 1.90. The molecule has 0 aromatic carbocycles. The highest BCUT2D eigenvalue weighted by atomic mass is 16.3. The van der Waals surface area contributed by atoms with Crippen LogP contribution in [0.5, 0.6) is 0 Å². The molecule has 2 atom stereocenters. The standard InChI is InChI=1S/C6H14O3/c1-2-5(3-7)6(9)4-8/h5-9H,2-4H2,1H3. The zero-order chi connectivity index (χ0) is 7.28. The van der Waals surface area contributed by atoms with Gasteiger partial charge < -0.3 is 15.3 Å². The first-order valence-corrected chi connectivity index (χ1v) is 3.16. The summed E-state index contributed by atoms with van der Waals surface area (Å²) in [6, 6.07) is 0. The lowest BCUT2D eigenvalue weighted by Gasteiger charge is -2.15. The van der Waals surface area contributed by atoms with Crippen LogP contribution in [0.15, 0.2) is 0 Å². The summed E-state index contributed by atoms with van der Waals surface area (Å²) in [5.74, 6) is -0.171. The second kappa shape index (κ2) is 4.73. The number of aliphatic hydroxyl groups is 3. The molecule has 0 aromatic rings. The first kappa shape index (κ1) is 8.88. The Kier molecular flexibility index (Phi) is 4.67. The van der Waals surface area contributed by atoms with Gasteiger partial charge in [-0.05, 0) is 6.42 Å². The lowest BCUT2D eigenvalue weighted by Crippen LogP contribution is -2.26. The minimum atomic E-state index is -0.764. The topological polar surface area (TPSA) is 60.7 Å². The summed E-state index contributed by atoms with van der Waals surface area (Å²) in [6.45, 7) is 1.54. The van der Waals surface area contributed by atoms with Gasteiger partial charge in [-0.2, -0.15) is 0 Å². The third kappa shape index (κ3) is 2.79. The fourth-order valence-electron chi connectivity index (χ4n) is 0.672. The van der Waals surface area contributed by atoms with Crippen LogP contribution in [0.1, 0.15) is 13.3 Å². The van der Waals surface area contributed by atoms with Gasteiger partial charge in [-0.15, -0.1) is 0 Å². The lowest BCUT2D eigenvalue weighted by molar-refractivity contribution is 0.0212. The van der Waals surface area contributed by atoms with Crippen molar-refractivity contribution < 1.29 is 15.3 Å². The maximum atomic E-state index is 8.91. The molecule has 0 fully saturated rings. The van der Waals surface area contributed by atoms with E-state index in [1.807, 2.05) is 6.92 Å². The molecule has 3 heteroatoms. The Morgan fingerprint density at radius 1 is 1.22 bits per heavy atom. The molecule has 3 N–H and O–H groups in total. The largest absolute Gasteiger partial charge is 0.396 e. The van der Waals surface area contributed by atoms with Gasteiger partial charge in [0.15, 0.2) is 0 Å². The third-order valence-electron chi connectivity index (χ3n) is 1.49. The summed E-state index contributed by atoms with van der Waals surface area (Å²) < 4.78 is 0. The van der Waals surface area contributed by atoms with E-state index in [1.54, 1.807) is 0 Å². The zero-order valence-corrected chi connectivity index (χ0v) is 5.62. The summed E-state index contributed by atoms with van der Waals surface area (Å²) in [5, 5.41) is 25.9. The molecule has 0 bridgehead atoms. The van der Waals surface area contributed by atoms with Crippen molar-refractivity contribution in [3.8, 4) is 0 Å². The van der Waals surface area contributed by atoms with Crippen LogP contribution < -0.4 is 0 Å². The summed E-state index contributed by atoms with van der Waals surface area (Å²) in [4.78, 5) is 0. The maximum absolute atomic E-state index is 8.91. The smallest absolute Gasteiger partial charge is 0.0820 e. The molecule has 0 aromatic heterocycles. The first-order chi connectivity index (χ1) is 4.26. The van der Waals surface area contributed by atoms with Gasteiger partial charge in [0.25, 0.3) is 0 Å².